The molecular formula is C11H21N5O2S. The van der Waals surface area contributed by atoms with Crippen LogP contribution in [0.2, 0.25) is 0 Å². The first-order valence-corrected chi connectivity index (χ1v) is 7.77. The number of nitrogens with one attached hydrogen (secondary N) is 2. The van der Waals surface area contributed by atoms with Gasteiger partial charge in [0.1, 0.15) is 5.82 Å². The van der Waals surface area contributed by atoms with Gasteiger partial charge in [-0.25, -0.2) is 17.7 Å². The summed E-state index contributed by atoms with van der Waals surface area (Å²) in [6.07, 6.45) is 2.62. The Labute approximate surface area is 114 Å². The lowest BCUT2D eigenvalue weighted by molar-refractivity contribution is 0.521. The maximum Gasteiger partial charge on any atom is 0.224 e. The molecule has 0 saturated heterocycles. The molecule has 1 heterocycles. The first-order valence-electron chi connectivity index (χ1n) is 6.16. The molecule has 0 fully saturated rings. The van der Waals surface area contributed by atoms with Crippen molar-refractivity contribution in [1.29, 1.82) is 0 Å². The van der Waals surface area contributed by atoms with E-state index >= 15 is 0 Å². The highest BCUT2D eigenvalue weighted by atomic mass is 32.2. The third kappa shape index (κ3) is 5.39. The van der Waals surface area contributed by atoms with Crippen molar-refractivity contribution in [3.05, 3.63) is 12.3 Å². The molecule has 0 radical (unpaired) electrons. The number of anilines is 2. The number of aromatic nitrogens is 2. The van der Waals surface area contributed by atoms with Crippen molar-refractivity contribution >= 4 is 21.8 Å². The quantitative estimate of drug-likeness (QED) is 0.728. The van der Waals surface area contributed by atoms with Crippen LogP contribution in [-0.2, 0) is 10.0 Å². The third-order valence-electron chi connectivity index (χ3n) is 2.41. The average molecular weight is 287 g/mol. The van der Waals surface area contributed by atoms with Gasteiger partial charge in [0.05, 0.1) is 5.75 Å². The maximum absolute atomic E-state index is 11.6. The standard InChI is InChI=1S/C11H21N5O2S/c1-4-6-13-11-14-7-5-10(15-11)12-8-9-19(17,18)16(2)3/h5,7H,4,6,8-9H2,1-3H3,(H2,12,13,14,15). The zero-order valence-corrected chi connectivity index (χ0v) is 12.4. The van der Waals surface area contributed by atoms with Crippen LogP contribution in [0.5, 0.6) is 0 Å². The minimum absolute atomic E-state index is 0.0295. The molecule has 0 saturated carbocycles. The summed E-state index contributed by atoms with van der Waals surface area (Å²) in [5.74, 6) is 1.19. The lowest BCUT2D eigenvalue weighted by atomic mass is 10.5. The van der Waals surface area contributed by atoms with Crippen LogP contribution in [0.4, 0.5) is 11.8 Å². The van der Waals surface area contributed by atoms with E-state index in [1.807, 2.05) is 0 Å². The molecule has 8 heteroatoms. The topological polar surface area (TPSA) is 87.2 Å². The van der Waals surface area contributed by atoms with Gasteiger partial charge in [-0.2, -0.15) is 4.98 Å². The maximum atomic E-state index is 11.6. The van der Waals surface area contributed by atoms with Crippen LogP contribution >= 0.6 is 0 Å². The Bertz CT molecular complexity index is 490. The van der Waals surface area contributed by atoms with Gasteiger partial charge in [0.25, 0.3) is 0 Å². The molecule has 0 aliphatic carbocycles. The van der Waals surface area contributed by atoms with Gasteiger partial charge in [-0.15, -0.1) is 0 Å². The van der Waals surface area contributed by atoms with Gasteiger partial charge in [0.15, 0.2) is 0 Å². The highest BCUT2D eigenvalue weighted by Crippen LogP contribution is 2.05. The molecule has 0 spiro atoms. The summed E-state index contributed by atoms with van der Waals surface area (Å²) in [6.45, 7) is 3.17. The normalized spacial score (nSPS) is 11.6. The Morgan fingerprint density at radius 2 is 2.00 bits per heavy atom. The van der Waals surface area contributed by atoms with Gasteiger partial charge in [0.2, 0.25) is 16.0 Å². The van der Waals surface area contributed by atoms with Crippen LogP contribution in [0.1, 0.15) is 13.3 Å². The predicted molar refractivity (Wildman–Crippen MR) is 76.8 cm³/mol. The Kier molecular flexibility index (Phi) is 5.97. The molecule has 0 unspecified atom stereocenters. The van der Waals surface area contributed by atoms with E-state index in [1.54, 1.807) is 12.3 Å². The second-order valence-corrected chi connectivity index (χ2v) is 6.52. The molecule has 1 rings (SSSR count). The van der Waals surface area contributed by atoms with E-state index in [2.05, 4.69) is 27.5 Å². The van der Waals surface area contributed by atoms with E-state index in [0.29, 0.717) is 18.3 Å². The monoisotopic (exact) mass is 287 g/mol. The molecule has 108 valence electrons. The number of hydrogen-bond acceptors (Lipinski definition) is 6. The fourth-order valence-electron chi connectivity index (χ4n) is 1.27. The fourth-order valence-corrected chi connectivity index (χ4v) is 1.99. The molecule has 0 atom stereocenters. The summed E-state index contributed by atoms with van der Waals surface area (Å²) in [7, 11) is -0.140. The number of sulfonamides is 1. The Morgan fingerprint density at radius 1 is 1.26 bits per heavy atom. The van der Waals surface area contributed by atoms with Crippen molar-refractivity contribution in [3.63, 3.8) is 0 Å². The zero-order chi connectivity index (χ0) is 14.3. The van der Waals surface area contributed by atoms with E-state index in [-0.39, 0.29) is 5.75 Å². The highest BCUT2D eigenvalue weighted by Gasteiger charge is 2.12. The molecule has 19 heavy (non-hydrogen) atoms. The van der Waals surface area contributed by atoms with Crippen LogP contribution in [0.15, 0.2) is 12.3 Å². The molecule has 1 aromatic heterocycles. The first kappa shape index (κ1) is 15.6. The van der Waals surface area contributed by atoms with Crippen LogP contribution in [0.25, 0.3) is 0 Å². The van der Waals surface area contributed by atoms with Crippen LogP contribution < -0.4 is 10.6 Å². The van der Waals surface area contributed by atoms with E-state index in [1.165, 1.54) is 18.4 Å². The second-order valence-electron chi connectivity index (χ2n) is 4.22. The first-order chi connectivity index (χ1) is 8.95. The van der Waals surface area contributed by atoms with E-state index in [9.17, 15) is 8.42 Å². The second kappa shape index (κ2) is 7.25. The van der Waals surface area contributed by atoms with Crippen LogP contribution in [-0.4, -0.2) is 55.6 Å². The van der Waals surface area contributed by atoms with Gasteiger partial charge in [-0.1, -0.05) is 6.92 Å². The van der Waals surface area contributed by atoms with Crippen molar-refractivity contribution in [3.8, 4) is 0 Å². The molecule has 2 N–H and O–H groups in total. The van der Waals surface area contributed by atoms with E-state index < -0.39 is 10.0 Å². The molecule has 0 amide bonds. The molecule has 1 aromatic rings. The Morgan fingerprint density at radius 3 is 2.63 bits per heavy atom. The summed E-state index contributed by atoms with van der Waals surface area (Å²) in [4.78, 5) is 8.31. The Hall–Kier alpha value is -1.41. The third-order valence-corrected chi connectivity index (χ3v) is 4.24. The zero-order valence-electron chi connectivity index (χ0n) is 11.5. The summed E-state index contributed by atoms with van der Waals surface area (Å²) in [5, 5.41) is 6.05. The van der Waals surface area contributed by atoms with Crippen LogP contribution in [0.3, 0.4) is 0 Å². The van der Waals surface area contributed by atoms with Crippen molar-refractivity contribution in [2.24, 2.45) is 0 Å². The molecule has 0 aliphatic rings. The number of nitrogens with zero attached hydrogens (tertiary/aromatic N) is 3. The summed E-state index contributed by atoms with van der Waals surface area (Å²) in [6, 6.07) is 1.71. The number of rotatable bonds is 8. The average Bonchev–Trinajstić information content (AvgIpc) is 2.36. The SMILES string of the molecule is CCCNc1nccc(NCCS(=O)(=O)N(C)C)n1. The molecule has 7 nitrogen and oxygen atoms in total. The van der Waals surface area contributed by atoms with Gasteiger partial charge in [-0.05, 0) is 12.5 Å². The van der Waals surface area contributed by atoms with Crippen LogP contribution in [0, 0.1) is 0 Å². The summed E-state index contributed by atoms with van der Waals surface area (Å²) >= 11 is 0. The highest BCUT2D eigenvalue weighted by molar-refractivity contribution is 7.89. The van der Waals surface area contributed by atoms with Gasteiger partial charge >= 0.3 is 0 Å². The predicted octanol–water partition coefficient (Wildman–Crippen LogP) is 0.602. The summed E-state index contributed by atoms with van der Waals surface area (Å²) in [5.41, 5.74) is 0. The van der Waals surface area contributed by atoms with E-state index in [4.69, 9.17) is 0 Å². The lowest BCUT2D eigenvalue weighted by Crippen LogP contribution is -2.28. The molecular weight excluding hydrogens is 266 g/mol. The minimum Gasteiger partial charge on any atom is -0.369 e. The largest absolute Gasteiger partial charge is 0.369 e. The van der Waals surface area contributed by atoms with Crippen molar-refractivity contribution in [2.45, 2.75) is 13.3 Å². The fraction of sp³-hybridized carbons (Fsp3) is 0.636. The van der Waals surface area contributed by atoms with Gasteiger partial charge in [-0.3, -0.25) is 0 Å². The van der Waals surface area contributed by atoms with Gasteiger partial charge < -0.3 is 10.6 Å². The lowest BCUT2D eigenvalue weighted by Gasteiger charge is -2.12. The van der Waals surface area contributed by atoms with Crippen molar-refractivity contribution in [2.75, 3.05) is 43.6 Å². The minimum atomic E-state index is -3.18. The Balaban J connectivity index is 2.49. The number of hydrogen-bond donors (Lipinski definition) is 2. The smallest absolute Gasteiger partial charge is 0.224 e. The molecule has 0 aliphatic heterocycles. The molecule has 0 bridgehead atoms. The van der Waals surface area contributed by atoms with Gasteiger partial charge in [0, 0.05) is 33.4 Å². The van der Waals surface area contributed by atoms with E-state index in [0.717, 1.165) is 13.0 Å². The summed E-state index contributed by atoms with van der Waals surface area (Å²) < 4.78 is 24.4. The van der Waals surface area contributed by atoms with Crippen molar-refractivity contribution < 1.29 is 8.42 Å². The van der Waals surface area contributed by atoms with Crippen molar-refractivity contribution in [1.82, 2.24) is 14.3 Å². The molecule has 0 aromatic carbocycles.